The number of nitrogens with zero attached hydrogens (tertiary/aromatic N) is 1. The van der Waals surface area contributed by atoms with Crippen LogP contribution in [0.25, 0.3) is 0 Å². The smallest absolute Gasteiger partial charge is 0.318 e. The van der Waals surface area contributed by atoms with Gasteiger partial charge >= 0.3 is 6.03 Å². The lowest BCUT2D eigenvalue weighted by Gasteiger charge is -2.23. The average molecular weight is 324 g/mol. The lowest BCUT2D eigenvalue weighted by molar-refractivity contribution is 0.191. The Bertz CT molecular complexity index is 712. The highest BCUT2D eigenvalue weighted by atomic mass is 19.1. The zero-order valence-corrected chi connectivity index (χ0v) is 13.5. The fourth-order valence-corrected chi connectivity index (χ4v) is 3.20. The van der Waals surface area contributed by atoms with Crippen molar-refractivity contribution in [1.82, 2.24) is 10.2 Å². The monoisotopic (exact) mass is 324 g/mol. The van der Waals surface area contributed by atoms with Crippen LogP contribution in [0.4, 0.5) is 9.18 Å². The molecule has 3 nitrogen and oxygen atoms in total. The van der Waals surface area contributed by atoms with Crippen molar-refractivity contribution in [3.63, 3.8) is 0 Å². The molecule has 0 heterocycles. The molecule has 0 spiro atoms. The number of urea groups is 1. The molecular formula is C20H21FN2O. The van der Waals surface area contributed by atoms with Crippen LogP contribution in [-0.2, 0) is 6.54 Å². The first kappa shape index (κ1) is 15.2. The molecule has 2 saturated carbocycles. The van der Waals surface area contributed by atoms with E-state index in [0.29, 0.717) is 18.5 Å². The Morgan fingerprint density at radius 1 is 1.08 bits per heavy atom. The lowest BCUT2D eigenvalue weighted by atomic mass is 10.1. The van der Waals surface area contributed by atoms with Crippen LogP contribution >= 0.6 is 0 Å². The maximum Gasteiger partial charge on any atom is 0.318 e. The van der Waals surface area contributed by atoms with Crippen LogP contribution in [0.15, 0.2) is 54.6 Å². The third kappa shape index (κ3) is 3.42. The molecule has 2 amide bonds. The molecule has 24 heavy (non-hydrogen) atoms. The van der Waals surface area contributed by atoms with Crippen molar-refractivity contribution in [3.05, 3.63) is 71.5 Å². The molecule has 2 fully saturated rings. The summed E-state index contributed by atoms with van der Waals surface area (Å²) in [6.07, 6.45) is 3.12. The van der Waals surface area contributed by atoms with E-state index < -0.39 is 0 Å². The molecule has 0 aromatic heterocycles. The summed E-state index contributed by atoms with van der Waals surface area (Å²) in [5.41, 5.74) is 2.26. The van der Waals surface area contributed by atoms with Gasteiger partial charge in [0.1, 0.15) is 5.82 Å². The Morgan fingerprint density at radius 3 is 2.46 bits per heavy atom. The topological polar surface area (TPSA) is 32.3 Å². The molecule has 0 radical (unpaired) electrons. The maximum atomic E-state index is 13.0. The number of halogens is 1. The predicted molar refractivity (Wildman–Crippen MR) is 91.1 cm³/mol. The summed E-state index contributed by atoms with van der Waals surface area (Å²) < 4.78 is 13.0. The average Bonchev–Trinajstić information content (AvgIpc) is 3.50. The van der Waals surface area contributed by atoms with E-state index in [1.165, 1.54) is 17.7 Å². The van der Waals surface area contributed by atoms with Gasteiger partial charge in [-0.05, 0) is 42.5 Å². The van der Waals surface area contributed by atoms with E-state index in [2.05, 4.69) is 17.4 Å². The summed E-state index contributed by atoms with van der Waals surface area (Å²) in [6, 6.07) is 17.3. The first-order chi connectivity index (χ1) is 11.7. The van der Waals surface area contributed by atoms with E-state index >= 15 is 0 Å². The van der Waals surface area contributed by atoms with Crippen molar-refractivity contribution in [1.29, 1.82) is 0 Å². The second kappa shape index (κ2) is 6.27. The van der Waals surface area contributed by atoms with Crippen molar-refractivity contribution in [3.8, 4) is 0 Å². The van der Waals surface area contributed by atoms with Crippen LogP contribution < -0.4 is 5.32 Å². The number of hydrogen-bond acceptors (Lipinski definition) is 1. The number of benzene rings is 2. The lowest BCUT2D eigenvalue weighted by Crippen LogP contribution is -2.42. The van der Waals surface area contributed by atoms with Gasteiger partial charge in [-0.2, -0.15) is 0 Å². The SMILES string of the molecule is O=C(NC1CC1c1ccccc1)N(Cc1ccc(F)cc1)C1CC1. The summed E-state index contributed by atoms with van der Waals surface area (Å²) >= 11 is 0. The summed E-state index contributed by atoms with van der Waals surface area (Å²) in [5.74, 6) is 0.187. The van der Waals surface area contributed by atoms with Crippen LogP contribution in [0.1, 0.15) is 36.3 Å². The van der Waals surface area contributed by atoms with Gasteiger partial charge in [0.25, 0.3) is 0 Å². The Balaban J connectivity index is 1.38. The third-order valence-electron chi connectivity index (χ3n) is 4.84. The standard InChI is InChI=1S/C20H21FN2O/c21-16-8-6-14(7-9-16)13-23(17-10-11-17)20(24)22-19-12-18(19)15-4-2-1-3-5-15/h1-9,17-19H,10-13H2,(H,22,24). The normalized spacial score (nSPS) is 22.0. The summed E-state index contributed by atoms with van der Waals surface area (Å²) in [6.45, 7) is 0.541. The van der Waals surface area contributed by atoms with E-state index in [4.69, 9.17) is 0 Å². The highest BCUT2D eigenvalue weighted by Crippen LogP contribution is 2.41. The minimum Gasteiger partial charge on any atom is -0.335 e. The molecule has 2 aliphatic carbocycles. The van der Waals surface area contributed by atoms with Crippen LogP contribution in [0.3, 0.4) is 0 Å². The minimum atomic E-state index is -0.246. The van der Waals surface area contributed by atoms with Crippen molar-refractivity contribution < 1.29 is 9.18 Å². The van der Waals surface area contributed by atoms with Gasteiger partial charge in [-0.3, -0.25) is 0 Å². The zero-order valence-electron chi connectivity index (χ0n) is 13.5. The quantitative estimate of drug-likeness (QED) is 0.884. The fourth-order valence-electron chi connectivity index (χ4n) is 3.20. The predicted octanol–water partition coefficient (Wildman–Crippen LogP) is 4.06. The molecule has 124 valence electrons. The third-order valence-corrected chi connectivity index (χ3v) is 4.84. The second-order valence-electron chi connectivity index (χ2n) is 6.79. The van der Waals surface area contributed by atoms with Gasteiger partial charge in [-0.25, -0.2) is 9.18 Å². The van der Waals surface area contributed by atoms with Gasteiger partial charge in [-0.1, -0.05) is 42.5 Å². The highest BCUT2D eigenvalue weighted by molar-refractivity contribution is 5.76. The van der Waals surface area contributed by atoms with Crippen molar-refractivity contribution >= 4 is 6.03 Å². The Hall–Kier alpha value is -2.36. The van der Waals surface area contributed by atoms with Gasteiger partial charge in [0.2, 0.25) is 0 Å². The van der Waals surface area contributed by atoms with Gasteiger partial charge in [0.05, 0.1) is 0 Å². The van der Waals surface area contributed by atoms with Gasteiger partial charge in [-0.15, -0.1) is 0 Å². The first-order valence-corrected chi connectivity index (χ1v) is 8.57. The Morgan fingerprint density at radius 2 is 1.79 bits per heavy atom. The number of carbonyl (C=O) groups excluding carboxylic acids is 1. The van der Waals surface area contributed by atoms with Crippen molar-refractivity contribution in [2.75, 3.05) is 0 Å². The number of amides is 2. The first-order valence-electron chi connectivity index (χ1n) is 8.57. The van der Waals surface area contributed by atoms with Crippen LogP contribution in [0.5, 0.6) is 0 Å². The van der Waals surface area contributed by atoms with E-state index in [0.717, 1.165) is 24.8 Å². The van der Waals surface area contributed by atoms with E-state index in [1.807, 2.05) is 23.1 Å². The molecule has 2 aliphatic rings. The van der Waals surface area contributed by atoms with Crippen LogP contribution in [0.2, 0.25) is 0 Å². The van der Waals surface area contributed by atoms with Crippen molar-refractivity contribution in [2.45, 2.75) is 43.8 Å². The van der Waals surface area contributed by atoms with Crippen LogP contribution in [0, 0.1) is 5.82 Å². The molecule has 2 aromatic rings. The van der Waals surface area contributed by atoms with Crippen LogP contribution in [-0.4, -0.2) is 23.0 Å². The number of rotatable bonds is 5. The Labute approximate surface area is 141 Å². The summed E-state index contributed by atoms with van der Waals surface area (Å²) in [5, 5.41) is 3.17. The second-order valence-corrected chi connectivity index (χ2v) is 6.79. The highest BCUT2D eigenvalue weighted by Gasteiger charge is 2.41. The molecule has 0 aliphatic heterocycles. The zero-order chi connectivity index (χ0) is 16.5. The molecule has 0 bridgehead atoms. The minimum absolute atomic E-state index is 0.00487. The van der Waals surface area contributed by atoms with Crippen molar-refractivity contribution in [2.24, 2.45) is 0 Å². The fraction of sp³-hybridized carbons (Fsp3) is 0.350. The number of carbonyl (C=O) groups is 1. The van der Waals surface area contributed by atoms with Gasteiger partial charge in [0.15, 0.2) is 0 Å². The van der Waals surface area contributed by atoms with E-state index in [9.17, 15) is 9.18 Å². The molecule has 2 unspecified atom stereocenters. The molecule has 4 rings (SSSR count). The molecular weight excluding hydrogens is 303 g/mol. The maximum absolute atomic E-state index is 13.0. The summed E-state index contributed by atoms with van der Waals surface area (Å²) in [4.78, 5) is 14.6. The molecule has 0 saturated heterocycles. The number of hydrogen-bond donors (Lipinski definition) is 1. The van der Waals surface area contributed by atoms with Gasteiger partial charge < -0.3 is 10.2 Å². The summed E-state index contributed by atoms with van der Waals surface area (Å²) in [7, 11) is 0. The molecule has 4 heteroatoms. The molecule has 1 N–H and O–H groups in total. The Kier molecular flexibility index (Phi) is 3.97. The van der Waals surface area contributed by atoms with Gasteiger partial charge in [0, 0.05) is 24.5 Å². The van der Waals surface area contributed by atoms with E-state index in [-0.39, 0.29) is 17.9 Å². The largest absolute Gasteiger partial charge is 0.335 e. The van der Waals surface area contributed by atoms with E-state index in [1.54, 1.807) is 12.1 Å². The molecule has 2 aromatic carbocycles. The molecule has 2 atom stereocenters. The number of nitrogens with one attached hydrogen (secondary N) is 1.